The van der Waals surface area contributed by atoms with Crippen LogP contribution in [0.2, 0.25) is 0 Å². The van der Waals surface area contributed by atoms with Gasteiger partial charge in [0.15, 0.2) is 0 Å². The molecule has 1 heteroatoms. The lowest BCUT2D eigenvalue weighted by atomic mass is 9.85. The second-order valence-electron chi connectivity index (χ2n) is 7.81. The average molecular weight is 261 g/mol. The molecule has 1 nitrogen and oxygen atoms in total. The Morgan fingerprint density at radius 1 is 0.789 bits per heavy atom. The molecule has 0 aromatic heterocycles. The number of rotatable bonds is 3. The summed E-state index contributed by atoms with van der Waals surface area (Å²) >= 11 is 0. The Labute approximate surface area is 120 Å². The maximum Gasteiger partial charge on any atom is 0.0381 e. The van der Waals surface area contributed by atoms with Crippen molar-refractivity contribution < 1.29 is 0 Å². The Morgan fingerprint density at radius 2 is 1.21 bits per heavy atom. The van der Waals surface area contributed by atoms with Crippen LogP contribution in [-0.2, 0) is 0 Å². The van der Waals surface area contributed by atoms with Gasteiger partial charge in [0, 0.05) is 17.1 Å². The van der Waals surface area contributed by atoms with Gasteiger partial charge in [0.1, 0.15) is 0 Å². The average Bonchev–Trinajstić information content (AvgIpc) is 2.23. The van der Waals surface area contributed by atoms with Gasteiger partial charge in [-0.3, -0.25) is 4.90 Å². The van der Waals surface area contributed by atoms with E-state index in [2.05, 4.69) is 90.6 Å². The van der Waals surface area contributed by atoms with Crippen molar-refractivity contribution in [2.75, 3.05) is 0 Å². The Bertz CT molecular complexity index is 364. The topological polar surface area (TPSA) is 3.24 Å². The molecular formula is C18H31N. The van der Waals surface area contributed by atoms with Crippen molar-refractivity contribution in [3.63, 3.8) is 0 Å². The summed E-state index contributed by atoms with van der Waals surface area (Å²) in [7, 11) is 0. The molecule has 0 saturated heterocycles. The fourth-order valence-electron chi connectivity index (χ4n) is 3.32. The lowest BCUT2D eigenvalue weighted by Crippen LogP contribution is -2.55. The normalized spacial score (nSPS) is 15.1. The van der Waals surface area contributed by atoms with Crippen LogP contribution in [0.4, 0.5) is 0 Å². The number of benzene rings is 1. The van der Waals surface area contributed by atoms with Gasteiger partial charge < -0.3 is 0 Å². The SMILES string of the molecule is CC(C)C(c1ccccc1)N(C(C)(C)C)C(C)(C)C. The third kappa shape index (κ3) is 4.07. The molecule has 0 saturated carbocycles. The molecule has 0 spiro atoms. The molecule has 1 aromatic rings. The van der Waals surface area contributed by atoms with Gasteiger partial charge in [0.05, 0.1) is 0 Å². The summed E-state index contributed by atoms with van der Waals surface area (Å²) in [5.41, 5.74) is 1.70. The number of hydrogen-bond donors (Lipinski definition) is 0. The van der Waals surface area contributed by atoms with E-state index in [1.165, 1.54) is 5.56 Å². The Hall–Kier alpha value is -0.820. The van der Waals surface area contributed by atoms with Gasteiger partial charge in [-0.2, -0.15) is 0 Å². The quantitative estimate of drug-likeness (QED) is 0.715. The number of nitrogens with zero attached hydrogens (tertiary/aromatic N) is 1. The lowest BCUT2D eigenvalue weighted by Gasteiger charge is -2.51. The van der Waals surface area contributed by atoms with E-state index < -0.39 is 0 Å². The zero-order valence-electron chi connectivity index (χ0n) is 14.0. The Kier molecular flexibility index (Phi) is 4.84. The largest absolute Gasteiger partial charge is 0.286 e. The van der Waals surface area contributed by atoms with Crippen LogP contribution < -0.4 is 0 Å². The van der Waals surface area contributed by atoms with Crippen LogP contribution in [0.1, 0.15) is 67.0 Å². The summed E-state index contributed by atoms with van der Waals surface area (Å²) in [5, 5.41) is 0. The minimum atomic E-state index is 0.142. The smallest absolute Gasteiger partial charge is 0.0381 e. The zero-order valence-corrected chi connectivity index (χ0v) is 14.0. The van der Waals surface area contributed by atoms with Gasteiger partial charge in [-0.15, -0.1) is 0 Å². The second-order valence-corrected chi connectivity index (χ2v) is 7.81. The van der Waals surface area contributed by atoms with Crippen LogP contribution in [0, 0.1) is 5.92 Å². The summed E-state index contributed by atoms with van der Waals surface area (Å²) in [4.78, 5) is 2.65. The molecular weight excluding hydrogens is 230 g/mol. The maximum atomic E-state index is 2.65. The molecule has 0 aliphatic rings. The highest BCUT2D eigenvalue weighted by molar-refractivity contribution is 5.21. The highest BCUT2D eigenvalue weighted by atomic mass is 15.3. The minimum Gasteiger partial charge on any atom is -0.286 e. The molecule has 108 valence electrons. The summed E-state index contributed by atoms with van der Waals surface area (Å²) in [6.45, 7) is 18.5. The first-order chi connectivity index (χ1) is 8.55. The molecule has 0 aliphatic heterocycles. The van der Waals surface area contributed by atoms with E-state index in [-0.39, 0.29) is 11.1 Å². The van der Waals surface area contributed by atoms with Crippen LogP contribution in [0.15, 0.2) is 30.3 Å². The molecule has 0 bridgehead atoms. The van der Waals surface area contributed by atoms with Gasteiger partial charge in [0.25, 0.3) is 0 Å². The third-order valence-electron chi connectivity index (χ3n) is 3.50. The van der Waals surface area contributed by atoms with Crippen LogP contribution in [0.25, 0.3) is 0 Å². The molecule has 1 rings (SSSR count). The van der Waals surface area contributed by atoms with Crippen molar-refractivity contribution in [3.8, 4) is 0 Å². The van der Waals surface area contributed by atoms with Gasteiger partial charge in [0.2, 0.25) is 0 Å². The van der Waals surface area contributed by atoms with Crippen molar-refractivity contribution in [2.45, 2.75) is 72.5 Å². The predicted molar refractivity (Wildman–Crippen MR) is 85.4 cm³/mol. The van der Waals surface area contributed by atoms with Gasteiger partial charge in [-0.05, 0) is 53.0 Å². The van der Waals surface area contributed by atoms with Crippen LogP contribution >= 0.6 is 0 Å². The molecule has 0 amide bonds. The van der Waals surface area contributed by atoms with E-state index in [0.717, 1.165) is 0 Å². The molecule has 0 radical (unpaired) electrons. The highest BCUT2D eigenvalue weighted by Gasteiger charge is 2.38. The fourth-order valence-corrected chi connectivity index (χ4v) is 3.32. The molecule has 1 atom stereocenters. The maximum absolute atomic E-state index is 2.65. The van der Waals surface area contributed by atoms with Gasteiger partial charge in [-0.25, -0.2) is 0 Å². The molecule has 0 aliphatic carbocycles. The van der Waals surface area contributed by atoms with Crippen molar-refractivity contribution in [1.82, 2.24) is 4.90 Å². The van der Waals surface area contributed by atoms with E-state index in [9.17, 15) is 0 Å². The standard InChI is InChI=1S/C18H31N/c1-14(2)16(15-12-10-9-11-13-15)19(17(3,4)5)18(6,7)8/h9-14,16H,1-8H3. The van der Waals surface area contributed by atoms with E-state index in [1.807, 2.05) is 0 Å². The fraction of sp³-hybridized carbons (Fsp3) is 0.667. The molecule has 0 fully saturated rings. The lowest BCUT2D eigenvalue weighted by molar-refractivity contribution is -0.0247. The van der Waals surface area contributed by atoms with Crippen molar-refractivity contribution in [3.05, 3.63) is 35.9 Å². The first-order valence-corrected chi connectivity index (χ1v) is 7.39. The number of hydrogen-bond acceptors (Lipinski definition) is 1. The summed E-state index contributed by atoms with van der Waals surface area (Å²) in [6, 6.07) is 11.4. The van der Waals surface area contributed by atoms with Crippen LogP contribution in [0.3, 0.4) is 0 Å². The van der Waals surface area contributed by atoms with Crippen molar-refractivity contribution in [1.29, 1.82) is 0 Å². The van der Waals surface area contributed by atoms with Crippen molar-refractivity contribution in [2.24, 2.45) is 5.92 Å². The Morgan fingerprint density at radius 3 is 1.53 bits per heavy atom. The van der Waals surface area contributed by atoms with E-state index in [0.29, 0.717) is 12.0 Å². The highest BCUT2D eigenvalue weighted by Crippen LogP contribution is 2.39. The van der Waals surface area contributed by atoms with E-state index >= 15 is 0 Å². The molecule has 0 N–H and O–H groups in total. The summed E-state index contributed by atoms with van der Waals surface area (Å²) < 4.78 is 0. The van der Waals surface area contributed by atoms with E-state index in [1.54, 1.807) is 0 Å². The van der Waals surface area contributed by atoms with Crippen molar-refractivity contribution >= 4 is 0 Å². The van der Waals surface area contributed by atoms with Gasteiger partial charge in [-0.1, -0.05) is 44.2 Å². The minimum absolute atomic E-state index is 0.142. The molecule has 19 heavy (non-hydrogen) atoms. The predicted octanol–water partition coefficient (Wildman–Crippen LogP) is 5.28. The molecule has 1 unspecified atom stereocenters. The molecule has 0 heterocycles. The van der Waals surface area contributed by atoms with Crippen LogP contribution in [0.5, 0.6) is 0 Å². The van der Waals surface area contributed by atoms with Gasteiger partial charge >= 0.3 is 0 Å². The third-order valence-corrected chi connectivity index (χ3v) is 3.50. The molecule has 1 aromatic carbocycles. The zero-order chi connectivity index (χ0) is 14.8. The summed E-state index contributed by atoms with van der Waals surface area (Å²) in [5.74, 6) is 0.584. The monoisotopic (exact) mass is 261 g/mol. The van der Waals surface area contributed by atoms with E-state index in [4.69, 9.17) is 0 Å². The second kappa shape index (κ2) is 5.66. The first kappa shape index (κ1) is 16.2. The van der Waals surface area contributed by atoms with Crippen LogP contribution in [-0.4, -0.2) is 16.0 Å². The first-order valence-electron chi connectivity index (χ1n) is 7.39. The Balaban J connectivity index is 3.30. The summed E-state index contributed by atoms with van der Waals surface area (Å²) in [6.07, 6.45) is 0.